The van der Waals surface area contributed by atoms with Crippen LogP contribution in [0.2, 0.25) is 10.0 Å². The van der Waals surface area contributed by atoms with Crippen molar-refractivity contribution in [2.45, 2.75) is 24.9 Å². The van der Waals surface area contributed by atoms with Crippen LogP contribution in [-0.4, -0.2) is 23.3 Å². The summed E-state index contributed by atoms with van der Waals surface area (Å²) in [7, 11) is 0. The molecule has 0 radical (unpaired) electrons. The third kappa shape index (κ3) is 2.15. The second-order valence-corrected chi connectivity index (χ2v) is 4.93. The minimum absolute atomic E-state index is 0.199. The Labute approximate surface area is 109 Å². The van der Waals surface area contributed by atoms with Crippen LogP contribution in [0.15, 0.2) is 18.2 Å². The van der Waals surface area contributed by atoms with Crippen LogP contribution in [0, 0.1) is 0 Å². The Balaban J connectivity index is 2.36. The molecule has 0 aliphatic carbocycles. The van der Waals surface area contributed by atoms with Crippen molar-refractivity contribution in [3.63, 3.8) is 0 Å². The largest absolute Gasteiger partial charge is 0.479 e. The highest BCUT2D eigenvalue weighted by Crippen LogP contribution is 2.44. The molecule has 2 unspecified atom stereocenters. The van der Waals surface area contributed by atoms with Crippen molar-refractivity contribution in [1.29, 1.82) is 0 Å². The second-order valence-electron chi connectivity index (χ2n) is 4.12. The molecule has 2 atom stereocenters. The lowest BCUT2D eigenvalue weighted by Gasteiger charge is -2.20. The molecule has 1 heterocycles. The average molecular weight is 275 g/mol. The number of aliphatic carboxylic acids is 1. The summed E-state index contributed by atoms with van der Waals surface area (Å²) in [6, 6.07) is 5.19. The van der Waals surface area contributed by atoms with E-state index in [9.17, 15) is 9.90 Å². The lowest BCUT2D eigenvalue weighted by molar-refractivity contribution is -0.144. The molecule has 0 amide bonds. The summed E-state index contributed by atoms with van der Waals surface area (Å²) in [6.45, 7) is 2.18. The number of carboxylic acid groups (broad SMARTS) is 1. The van der Waals surface area contributed by atoms with Crippen molar-refractivity contribution in [3.05, 3.63) is 33.8 Å². The summed E-state index contributed by atoms with van der Waals surface area (Å²) >= 11 is 11.8. The molecule has 92 valence electrons. The van der Waals surface area contributed by atoms with Crippen molar-refractivity contribution in [2.75, 3.05) is 6.61 Å². The zero-order chi connectivity index (χ0) is 12.6. The lowest BCUT2D eigenvalue weighted by Crippen LogP contribution is -2.31. The molecule has 1 aliphatic rings. The molecule has 0 bridgehead atoms. The highest BCUT2D eigenvalue weighted by molar-refractivity contribution is 6.42. The summed E-state index contributed by atoms with van der Waals surface area (Å²) in [5.74, 6) is -1.12. The van der Waals surface area contributed by atoms with Gasteiger partial charge in [0.25, 0.3) is 0 Å². The highest BCUT2D eigenvalue weighted by Gasteiger charge is 2.58. The zero-order valence-corrected chi connectivity index (χ0v) is 10.8. The molecule has 2 rings (SSSR count). The van der Waals surface area contributed by atoms with E-state index in [1.807, 2.05) is 6.92 Å². The van der Waals surface area contributed by atoms with Crippen molar-refractivity contribution in [3.8, 4) is 0 Å². The van der Waals surface area contributed by atoms with Gasteiger partial charge in [-0.2, -0.15) is 0 Å². The normalized spacial score (nSPS) is 24.4. The number of ether oxygens (including phenoxy) is 1. The number of rotatable bonds is 4. The van der Waals surface area contributed by atoms with Gasteiger partial charge in [-0.05, 0) is 24.1 Å². The fourth-order valence-corrected chi connectivity index (χ4v) is 2.42. The molecule has 0 aromatic heterocycles. The Bertz CT molecular complexity index is 455. The Morgan fingerprint density at radius 3 is 2.59 bits per heavy atom. The Morgan fingerprint density at radius 1 is 1.53 bits per heavy atom. The van der Waals surface area contributed by atoms with Crippen LogP contribution in [0.3, 0.4) is 0 Å². The van der Waals surface area contributed by atoms with Gasteiger partial charge in [0, 0.05) is 5.92 Å². The smallest absolute Gasteiger partial charge is 0.339 e. The zero-order valence-electron chi connectivity index (χ0n) is 9.24. The minimum atomic E-state index is -1.08. The molecule has 1 aliphatic heterocycles. The number of benzene rings is 1. The van der Waals surface area contributed by atoms with Gasteiger partial charge in [-0.1, -0.05) is 36.2 Å². The number of epoxide rings is 1. The summed E-state index contributed by atoms with van der Waals surface area (Å²) in [5, 5.41) is 10.1. The number of carbonyl (C=O) groups is 1. The Kier molecular flexibility index (Phi) is 3.34. The Morgan fingerprint density at radius 2 is 2.18 bits per heavy atom. The van der Waals surface area contributed by atoms with E-state index in [-0.39, 0.29) is 12.5 Å². The summed E-state index contributed by atoms with van der Waals surface area (Å²) in [4.78, 5) is 11.2. The van der Waals surface area contributed by atoms with E-state index in [0.717, 1.165) is 5.56 Å². The molecule has 5 heteroatoms. The van der Waals surface area contributed by atoms with E-state index in [1.165, 1.54) is 0 Å². The van der Waals surface area contributed by atoms with Crippen LogP contribution < -0.4 is 0 Å². The molecule has 3 nitrogen and oxygen atoms in total. The van der Waals surface area contributed by atoms with Crippen LogP contribution in [-0.2, 0) is 9.53 Å². The second kappa shape index (κ2) is 4.48. The first-order chi connectivity index (χ1) is 8.01. The number of halogens is 2. The van der Waals surface area contributed by atoms with Crippen LogP contribution in [0.4, 0.5) is 0 Å². The molecule has 0 spiro atoms. The van der Waals surface area contributed by atoms with E-state index >= 15 is 0 Å². The van der Waals surface area contributed by atoms with E-state index in [4.69, 9.17) is 27.9 Å². The fraction of sp³-hybridized carbons (Fsp3) is 0.417. The maximum atomic E-state index is 11.2. The molecular weight excluding hydrogens is 263 g/mol. The molecule has 1 fully saturated rings. The van der Waals surface area contributed by atoms with E-state index < -0.39 is 11.6 Å². The number of hydrogen-bond acceptors (Lipinski definition) is 2. The van der Waals surface area contributed by atoms with Gasteiger partial charge in [-0.25, -0.2) is 4.79 Å². The first kappa shape index (κ1) is 12.7. The van der Waals surface area contributed by atoms with Gasteiger partial charge in [-0.15, -0.1) is 0 Å². The monoisotopic (exact) mass is 274 g/mol. The molecule has 1 saturated heterocycles. The standard InChI is InChI=1S/C12H12Cl2O3/c1-2-8(12(6-17-12)11(15)16)7-3-4-9(13)10(14)5-7/h3-5,8H,2,6H2,1H3,(H,15,16). The number of hydrogen-bond donors (Lipinski definition) is 1. The van der Waals surface area contributed by atoms with Gasteiger partial charge >= 0.3 is 5.97 Å². The maximum absolute atomic E-state index is 11.2. The highest BCUT2D eigenvalue weighted by atomic mass is 35.5. The fourth-order valence-electron chi connectivity index (χ4n) is 2.12. The third-order valence-electron chi connectivity index (χ3n) is 3.13. The van der Waals surface area contributed by atoms with Crippen LogP contribution in [0.5, 0.6) is 0 Å². The first-order valence-corrected chi connectivity index (χ1v) is 6.09. The molecule has 1 aromatic rings. The van der Waals surface area contributed by atoms with Crippen molar-refractivity contribution in [2.24, 2.45) is 0 Å². The molecular formula is C12H12Cl2O3. The van der Waals surface area contributed by atoms with Crippen molar-refractivity contribution >= 4 is 29.2 Å². The topological polar surface area (TPSA) is 49.8 Å². The summed E-state index contributed by atoms with van der Waals surface area (Å²) < 4.78 is 5.16. The molecule has 1 aromatic carbocycles. The predicted octanol–water partition coefficient (Wildman–Crippen LogP) is 3.34. The quantitative estimate of drug-likeness (QED) is 0.857. The van der Waals surface area contributed by atoms with Gasteiger partial charge in [0.1, 0.15) is 0 Å². The molecule has 1 N–H and O–H groups in total. The summed E-state index contributed by atoms with van der Waals surface area (Å²) in [5.41, 5.74) is -0.229. The van der Waals surface area contributed by atoms with E-state index in [1.54, 1.807) is 18.2 Å². The van der Waals surface area contributed by atoms with Gasteiger partial charge in [0.05, 0.1) is 16.7 Å². The van der Waals surface area contributed by atoms with Gasteiger partial charge in [0.2, 0.25) is 0 Å². The maximum Gasteiger partial charge on any atom is 0.339 e. The van der Waals surface area contributed by atoms with Crippen LogP contribution in [0.1, 0.15) is 24.8 Å². The summed E-state index contributed by atoms with van der Waals surface area (Å²) in [6.07, 6.45) is 0.671. The third-order valence-corrected chi connectivity index (χ3v) is 3.87. The number of carboxylic acids is 1. The van der Waals surface area contributed by atoms with Crippen molar-refractivity contribution < 1.29 is 14.6 Å². The van der Waals surface area contributed by atoms with Gasteiger partial charge in [0.15, 0.2) is 5.60 Å². The van der Waals surface area contributed by atoms with Crippen LogP contribution >= 0.6 is 23.2 Å². The Hall–Kier alpha value is -0.770. The van der Waals surface area contributed by atoms with Crippen LogP contribution in [0.25, 0.3) is 0 Å². The lowest BCUT2D eigenvalue weighted by atomic mass is 9.84. The van der Waals surface area contributed by atoms with Gasteiger partial charge < -0.3 is 9.84 Å². The first-order valence-electron chi connectivity index (χ1n) is 5.33. The molecule has 0 saturated carbocycles. The van der Waals surface area contributed by atoms with Gasteiger partial charge in [-0.3, -0.25) is 0 Å². The SMILES string of the molecule is CCC(c1ccc(Cl)c(Cl)c1)C1(C(=O)O)CO1. The predicted molar refractivity (Wildman–Crippen MR) is 65.8 cm³/mol. The van der Waals surface area contributed by atoms with Crippen molar-refractivity contribution in [1.82, 2.24) is 0 Å². The minimum Gasteiger partial charge on any atom is -0.479 e. The average Bonchev–Trinajstić information content (AvgIpc) is 3.06. The molecule has 17 heavy (non-hydrogen) atoms. The van der Waals surface area contributed by atoms with E-state index in [0.29, 0.717) is 16.5 Å². The van der Waals surface area contributed by atoms with E-state index in [2.05, 4.69) is 0 Å².